The molecule has 7 nitrogen and oxygen atoms in total. The summed E-state index contributed by atoms with van der Waals surface area (Å²) in [5, 5.41) is 6.20. The van der Waals surface area contributed by atoms with Gasteiger partial charge in [-0.25, -0.2) is 4.98 Å². The third kappa shape index (κ3) is 2.86. The third-order valence-corrected chi connectivity index (χ3v) is 3.79. The average Bonchev–Trinajstić information content (AvgIpc) is 2.59. The van der Waals surface area contributed by atoms with Crippen LogP contribution < -0.4 is 22.1 Å². The van der Waals surface area contributed by atoms with Crippen molar-refractivity contribution in [2.24, 2.45) is 11.5 Å². The van der Waals surface area contributed by atoms with Gasteiger partial charge in [-0.15, -0.1) is 0 Å². The van der Waals surface area contributed by atoms with Gasteiger partial charge in [0.1, 0.15) is 11.6 Å². The first-order valence-electron chi connectivity index (χ1n) is 7.78. The zero-order chi connectivity index (χ0) is 17.1. The zero-order valence-electron chi connectivity index (χ0n) is 13.1. The second-order valence-electron chi connectivity index (χ2n) is 5.44. The number of carbonyl (C=O) groups excluding carboxylic acids is 2. The van der Waals surface area contributed by atoms with Crippen molar-refractivity contribution in [2.75, 3.05) is 36.8 Å². The van der Waals surface area contributed by atoms with Gasteiger partial charge in [0.2, 0.25) is 0 Å². The summed E-state index contributed by atoms with van der Waals surface area (Å²) in [4.78, 5) is 29.4. The number of carbonyl (C=O) groups is 2. The topological polar surface area (TPSA) is 123 Å². The molecule has 0 spiro atoms. The summed E-state index contributed by atoms with van der Waals surface area (Å²) < 4.78 is 0. The molecule has 24 heavy (non-hydrogen) atoms. The van der Waals surface area contributed by atoms with Crippen LogP contribution in [0.4, 0.5) is 11.6 Å². The molecule has 0 amide bonds. The van der Waals surface area contributed by atoms with Gasteiger partial charge in [-0.2, -0.15) is 0 Å². The number of nitrogens with two attached hydrogens (primary N) is 2. The lowest BCUT2D eigenvalue weighted by molar-refractivity contribution is -0.111. The van der Waals surface area contributed by atoms with Crippen LogP contribution in [0.2, 0.25) is 0 Å². The number of nitrogens with one attached hydrogen (secondary N) is 2. The Balaban J connectivity index is 2.12. The Kier molecular flexibility index (Phi) is 4.54. The molecule has 1 aromatic heterocycles. The van der Waals surface area contributed by atoms with Gasteiger partial charge in [0.15, 0.2) is 11.6 Å². The highest BCUT2D eigenvalue weighted by Gasteiger charge is 2.30. The largest absolute Gasteiger partial charge is 0.369 e. The van der Waals surface area contributed by atoms with Crippen molar-refractivity contribution in [3.05, 3.63) is 46.6 Å². The van der Waals surface area contributed by atoms with Crippen LogP contribution in [-0.2, 0) is 4.79 Å². The Morgan fingerprint density at radius 1 is 1.04 bits per heavy atom. The summed E-state index contributed by atoms with van der Waals surface area (Å²) in [5.74, 6) is 0.720. The van der Waals surface area contributed by atoms with E-state index in [1.165, 1.54) is 6.08 Å². The van der Waals surface area contributed by atoms with Crippen LogP contribution >= 0.6 is 0 Å². The van der Waals surface area contributed by atoms with E-state index in [1.54, 1.807) is 24.3 Å². The minimum atomic E-state index is -0.186. The summed E-state index contributed by atoms with van der Waals surface area (Å²) in [6.07, 6.45) is 6.43. The summed E-state index contributed by atoms with van der Waals surface area (Å²) in [7, 11) is 0. The maximum Gasteiger partial charge on any atom is 0.194 e. The quantitative estimate of drug-likeness (QED) is 0.599. The third-order valence-electron chi connectivity index (χ3n) is 3.79. The van der Waals surface area contributed by atoms with E-state index in [4.69, 9.17) is 11.5 Å². The van der Waals surface area contributed by atoms with Crippen molar-refractivity contribution in [1.82, 2.24) is 4.98 Å². The number of ketones is 2. The molecule has 1 heterocycles. The Morgan fingerprint density at radius 3 is 2.54 bits per heavy atom. The molecule has 1 aromatic rings. The fourth-order valence-corrected chi connectivity index (χ4v) is 2.69. The molecule has 0 saturated heterocycles. The van der Waals surface area contributed by atoms with Crippen molar-refractivity contribution in [2.45, 2.75) is 0 Å². The lowest BCUT2D eigenvalue weighted by atomic mass is 9.83. The number of hydrogen-bond donors (Lipinski definition) is 4. The van der Waals surface area contributed by atoms with Gasteiger partial charge >= 0.3 is 0 Å². The molecule has 0 unspecified atom stereocenters. The monoisotopic (exact) mass is 325 g/mol. The molecule has 0 aliphatic heterocycles. The summed E-state index contributed by atoms with van der Waals surface area (Å²) in [6, 6.07) is 1.69. The molecule has 2 aliphatic carbocycles. The van der Waals surface area contributed by atoms with E-state index in [0.717, 1.165) is 0 Å². The summed E-state index contributed by atoms with van der Waals surface area (Å²) in [5.41, 5.74) is 13.0. The molecule has 0 bridgehead atoms. The van der Waals surface area contributed by atoms with Crippen molar-refractivity contribution in [1.29, 1.82) is 0 Å². The van der Waals surface area contributed by atoms with Crippen LogP contribution in [0, 0.1) is 0 Å². The lowest BCUT2D eigenvalue weighted by Gasteiger charge is -2.22. The standard InChI is InChI=1S/C17H19N5O2/c18-4-6-20-15-9-12-13(17(22-15)21-7-5-19)8-11-10(16(12)24)2-1-3-14(11)23/h1-3,8-9H,4-7,18-19H2,(H2,20,21,22). The Hall–Kier alpha value is -2.77. The van der Waals surface area contributed by atoms with Crippen LogP contribution in [0.25, 0.3) is 6.08 Å². The van der Waals surface area contributed by atoms with Crippen LogP contribution in [0.3, 0.4) is 0 Å². The van der Waals surface area contributed by atoms with Crippen LogP contribution in [0.1, 0.15) is 15.9 Å². The van der Waals surface area contributed by atoms with Crippen molar-refractivity contribution < 1.29 is 9.59 Å². The van der Waals surface area contributed by atoms with Crippen LogP contribution in [0.5, 0.6) is 0 Å². The Morgan fingerprint density at radius 2 is 1.79 bits per heavy atom. The molecule has 6 N–H and O–H groups in total. The van der Waals surface area contributed by atoms with Crippen molar-refractivity contribution in [3.63, 3.8) is 0 Å². The van der Waals surface area contributed by atoms with Gasteiger partial charge in [0, 0.05) is 48.5 Å². The normalized spacial score (nSPS) is 15.4. The number of nitrogens with zero attached hydrogens (tertiary/aromatic N) is 1. The minimum Gasteiger partial charge on any atom is -0.369 e. The lowest BCUT2D eigenvalue weighted by Crippen LogP contribution is -2.22. The van der Waals surface area contributed by atoms with Gasteiger partial charge in [-0.1, -0.05) is 12.2 Å². The Labute approximate surface area is 139 Å². The number of Topliss-reactive ketones (excluding diaryl/α,β-unsaturated/α-hetero) is 1. The number of allylic oxidation sites excluding steroid dienone is 5. The molecule has 124 valence electrons. The maximum atomic E-state index is 12.8. The van der Waals surface area contributed by atoms with E-state index in [1.807, 2.05) is 0 Å². The second-order valence-corrected chi connectivity index (χ2v) is 5.44. The highest BCUT2D eigenvalue weighted by Crippen LogP contribution is 2.35. The number of pyridine rings is 1. The fourth-order valence-electron chi connectivity index (χ4n) is 2.69. The summed E-state index contributed by atoms with van der Waals surface area (Å²) in [6.45, 7) is 1.93. The number of fused-ring (bicyclic) bond motifs is 2. The summed E-state index contributed by atoms with van der Waals surface area (Å²) >= 11 is 0. The number of hydrogen-bond acceptors (Lipinski definition) is 7. The number of anilines is 2. The van der Waals surface area contributed by atoms with Gasteiger partial charge < -0.3 is 22.1 Å². The van der Waals surface area contributed by atoms with E-state index >= 15 is 0 Å². The zero-order valence-corrected chi connectivity index (χ0v) is 13.1. The minimum absolute atomic E-state index is 0.179. The molecule has 0 aromatic carbocycles. The molecule has 0 fully saturated rings. The predicted molar refractivity (Wildman–Crippen MR) is 93.9 cm³/mol. The Bertz CT molecular complexity index is 792. The van der Waals surface area contributed by atoms with Crippen LogP contribution in [-0.4, -0.2) is 42.7 Å². The molecule has 2 aliphatic rings. The highest BCUT2D eigenvalue weighted by molar-refractivity contribution is 6.28. The van der Waals surface area contributed by atoms with Gasteiger partial charge in [-0.3, -0.25) is 9.59 Å². The van der Waals surface area contributed by atoms with Gasteiger partial charge in [0.25, 0.3) is 0 Å². The van der Waals surface area contributed by atoms with E-state index in [2.05, 4.69) is 15.6 Å². The molecular weight excluding hydrogens is 306 g/mol. The first-order chi connectivity index (χ1) is 11.7. The SMILES string of the molecule is NCCNc1cc2c(c(NCCN)n1)C=C1C(=O)C=CC=C1C2=O. The van der Waals surface area contributed by atoms with E-state index < -0.39 is 0 Å². The van der Waals surface area contributed by atoms with E-state index in [0.29, 0.717) is 60.1 Å². The highest BCUT2D eigenvalue weighted by atomic mass is 16.1. The second kappa shape index (κ2) is 6.77. The van der Waals surface area contributed by atoms with Crippen molar-refractivity contribution in [3.8, 4) is 0 Å². The molecule has 3 rings (SSSR count). The van der Waals surface area contributed by atoms with E-state index in [-0.39, 0.29) is 11.6 Å². The van der Waals surface area contributed by atoms with E-state index in [9.17, 15) is 9.59 Å². The van der Waals surface area contributed by atoms with Gasteiger partial charge in [0.05, 0.1) is 0 Å². The molecule has 7 heteroatoms. The molecular formula is C17H19N5O2. The smallest absolute Gasteiger partial charge is 0.194 e. The molecule has 0 atom stereocenters. The molecule has 0 saturated carbocycles. The van der Waals surface area contributed by atoms with Gasteiger partial charge in [-0.05, 0) is 18.2 Å². The average molecular weight is 325 g/mol. The maximum absolute atomic E-state index is 12.8. The fraction of sp³-hybridized carbons (Fsp3) is 0.235. The first-order valence-corrected chi connectivity index (χ1v) is 7.78. The number of rotatable bonds is 6. The van der Waals surface area contributed by atoms with Crippen molar-refractivity contribution >= 4 is 29.3 Å². The number of aromatic nitrogens is 1. The van der Waals surface area contributed by atoms with Crippen LogP contribution in [0.15, 0.2) is 35.4 Å². The predicted octanol–water partition coefficient (Wildman–Crippen LogP) is 0.468. The first kappa shape index (κ1) is 16.1. The molecule has 0 radical (unpaired) electrons.